The number of sulfone groups is 1. The first kappa shape index (κ1) is 21.6. The lowest BCUT2D eigenvalue weighted by Crippen LogP contribution is -2.42. The van der Waals surface area contributed by atoms with Crippen LogP contribution in [0.3, 0.4) is 0 Å². The van der Waals surface area contributed by atoms with Gasteiger partial charge in [0.05, 0.1) is 10.6 Å². The molecule has 0 saturated heterocycles. The lowest BCUT2D eigenvalue weighted by molar-refractivity contribution is -0.122. The number of benzene rings is 2. The quantitative estimate of drug-likeness (QED) is 0.613. The molecule has 1 saturated carbocycles. The highest BCUT2D eigenvalue weighted by atomic mass is 32.2. The number of carbonyl (C=O) groups excluding carboxylic acids is 1. The summed E-state index contributed by atoms with van der Waals surface area (Å²) in [7, 11) is -3.81. The highest BCUT2D eigenvalue weighted by Crippen LogP contribution is 2.29. The third-order valence-corrected chi connectivity index (χ3v) is 7.85. The minimum atomic E-state index is -3.81. The Hall–Kier alpha value is -2.67. The van der Waals surface area contributed by atoms with E-state index >= 15 is 0 Å². The summed E-state index contributed by atoms with van der Waals surface area (Å²) in [6.07, 6.45) is 5.89. The van der Waals surface area contributed by atoms with Gasteiger partial charge in [0.2, 0.25) is 5.91 Å². The van der Waals surface area contributed by atoms with Crippen LogP contribution in [0.4, 0.5) is 4.39 Å². The van der Waals surface area contributed by atoms with Crippen molar-refractivity contribution < 1.29 is 17.6 Å². The van der Waals surface area contributed by atoms with Crippen LogP contribution in [0.15, 0.2) is 59.6 Å². The van der Waals surface area contributed by atoms with E-state index < -0.39 is 21.4 Å². The minimum absolute atomic E-state index is 0.0406. The summed E-state index contributed by atoms with van der Waals surface area (Å²) in [5.41, 5.74) is 0.796. The molecule has 5 nitrogen and oxygen atoms in total. The highest BCUT2D eigenvalue weighted by molar-refractivity contribution is 7.90. The first-order chi connectivity index (χ1) is 14.8. The molecule has 31 heavy (non-hydrogen) atoms. The fraction of sp³-hybridized carbons (Fsp3) is 0.375. The van der Waals surface area contributed by atoms with E-state index in [4.69, 9.17) is 0 Å². The van der Waals surface area contributed by atoms with E-state index in [1.54, 1.807) is 28.8 Å². The summed E-state index contributed by atoms with van der Waals surface area (Å²) in [5.74, 6) is -0.663. The number of amides is 1. The maximum Gasteiger partial charge on any atom is 0.240 e. The zero-order chi connectivity index (χ0) is 22.0. The fourth-order valence-electron chi connectivity index (χ4n) is 4.43. The second-order valence-electron chi connectivity index (χ2n) is 8.42. The Morgan fingerprint density at radius 3 is 2.58 bits per heavy atom. The molecule has 1 fully saturated rings. The van der Waals surface area contributed by atoms with Crippen LogP contribution in [0.5, 0.6) is 0 Å². The van der Waals surface area contributed by atoms with Gasteiger partial charge in [-0.15, -0.1) is 0 Å². The van der Waals surface area contributed by atoms with Crippen molar-refractivity contribution in [3.8, 4) is 0 Å². The maximum atomic E-state index is 14.1. The number of para-hydroxylation sites is 1. The van der Waals surface area contributed by atoms with Crippen molar-refractivity contribution in [2.75, 3.05) is 0 Å². The van der Waals surface area contributed by atoms with Gasteiger partial charge < -0.3 is 9.88 Å². The number of aromatic nitrogens is 1. The van der Waals surface area contributed by atoms with Crippen LogP contribution in [0, 0.1) is 11.7 Å². The van der Waals surface area contributed by atoms with Crippen LogP contribution in [-0.2, 0) is 26.9 Å². The molecule has 1 aliphatic carbocycles. The van der Waals surface area contributed by atoms with Crippen LogP contribution in [0.2, 0.25) is 0 Å². The van der Waals surface area contributed by atoms with Crippen LogP contribution in [0.25, 0.3) is 10.9 Å². The maximum absolute atomic E-state index is 14.1. The number of carbonyl (C=O) groups is 1. The zero-order valence-corrected chi connectivity index (χ0v) is 18.4. The SMILES string of the molecule is CC1CCCCC1NC(=O)Cn1cc(S(=O)(=O)Cc2ccccc2F)c2ccccc21. The van der Waals surface area contributed by atoms with E-state index in [1.165, 1.54) is 30.8 Å². The molecule has 0 radical (unpaired) electrons. The molecule has 164 valence electrons. The van der Waals surface area contributed by atoms with Crippen molar-refractivity contribution >= 4 is 26.6 Å². The highest BCUT2D eigenvalue weighted by Gasteiger charge is 2.25. The molecule has 0 aliphatic heterocycles. The van der Waals surface area contributed by atoms with Crippen molar-refractivity contribution in [2.24, 2.45) is 5.92 Å². The van der Waals surface area contributed by atoms with Crippen molar-refractivity contribution in [2.45, 2.75) is 55.8 Å². The predicted molar refractivity (Wildman–Crippen MR) is 119 cm³/mol. The molecule has 1 heterocycles. The molecule has 2 unspecified atom stereocenters. The van der Waals surface area contributed by atoms with Crippen LogP contribution in [0.1, 0.15) is 38.2 Å². The summed E-state index contributed by atoms with van der Waals surface area (Å²) in [6.45, 7) is 2.20. The van der Waals surface area contributed by atoms with Gasteiger partial charge in [0.25, 0.3) is 0 Å². The number of fused-ring (bicyclic) bond motifs is 1. The van der Waals surface area contributed by atoms with Gasteiger partial charge in [0.1, 0.15) is 12.4 Å². The van der Waals surface area contributed by atoms with Crippen molar-refractivity contribution in [3.63, 3.8) is 0 Å². The number of nitrogens with zero attached hydrogens (tertiary/aromatic N) is 1. The van der Waals surface area contributed by atoms with Gasteiger partial charge in [-0.05, 0) is 30.9 Å². The van der Waals surface area contributed by atoms with Gasteiger partial charge in [-0.1, -0.05) is 56.2 Å². The number of hydrogen-bond donors (Lipinski definition) is 1. The van der Waals surface area contributed by atoms with Crippen LogP contribution in [-0.4, -0.2) is 24.9 Å². The van der Waals surface area contributed by atoms with Gasteiger partial charge >= 0.3 is 0 Å². The molecular weight excluding hydrogens is 415 g/mol. The van der Waals surface area contributed by atoms with Crippen molar-refractivity contribution in [1.82, 2.24) is 9.88 Å². The van der Waals surface area contributed by atoms with Crippen molar-refractivity contribution in [1.29, 1.82) is 0 Å². The Morgan fingerprint density at radius 1 is 1.10 bits per heavy atom. The summed E-state index contributed by atoms with van der Waals surface area (Å²) < 4.78 is 42.0. The minimum Gasteiger partial charge on any atom is -0.352 e. The summed E-state index contributed by atoms with van der Waals surface area (Å²) >= 11 is 0. The number of halogens is 1. The van der Waals surface area contributed by atoms with Gasteiger partial charge in [0.15, 0.2) is 9.84 Å². The topological polar surface area (TPSA) is 68.2 Å². The smallest absolute Gasteiger partial charge is 0.240 e. The molecule has 4 rings (SSSR count). The predicted octanol–water partition coefficient (Wildman–Crippen LogP) is 4.45. The molecular formula is C24H27FN2O3S. The summed E-state index contributed by atoms with van der Waals surface area (Å²) in [5, 5.41) is 3.66. The van der Waals surface area contributed by atoms with E-state index in [0.717, 1.165) is 19.3 Å². The zero-order valence-electron chi connectivity index (χ0n) is 17.6. The van der Waals surface area contributed by atoms with E-state index in [9.17, 15) is 17.6 Å². The molecule has 3 aromatic rings. The molecule has 1 N–H and O–H groups in total. The first-order valence-corrected chi connectivity index (χ1v) is 12.3. The molecule has 1 amide bonds. The fourth-order valence-corrected chi connectivity index (χ4v) is 6.02. The van der Waals surface area contributed by atoms with Crippen LogP contribution < -0.4 is 5.32 Å². The Balaban J connectivity index is 1.61. The third-order valence-electron chi connectivity index (χ3n) is 6.16. The van der Waals surface area contributed by atoms with E-state index in [0.29, 0.717) is 16.8 Å². The molecule has 0 spiro atoms. The first-order valence-electron chi connectivity index (χ1n) is 10.7. The summed E-state index contributed by atoms with van der Waals surface area (Å²) in [4.78, 5) is 12.8. The monoisotopic (exact) mass is 442 g/mol. The lowest BCUT2D eigenvalue weighted by Gasteiger charge is -2.29. The third kappa shape index (κ3) is 4.66. The molecule has 2 aromatic carbocycles. The van der Waals surface area contributed by atoms with E-state index in [2.05, 4.69) is 12.2 Å². The Kier molecular flexibility index (Phi) is 6.14. The molecule has 7 heteroatoms. The van der Waals surface area contributed by atoms with Crippen molar-refractivity contribution in [3.05, 3.63) is 66.1 Å². The van der Waals surface area contributed by atoms with Gasteiger partial charge in [-0.25, -0.2) is 12.8 Å². The number of hydrogen-bond acceptors (Lipinski definition) is 3. The standard InChI is InChI=1S/C24H27FN2O3S/c1-17-8-2-6-12-21(17)26-24(28)15-27-14-23(19-10-4-7-13-22(19)27)31(29,30)16-18-9-3-5-11-20(18)25/h3-5,7,9-11,13-14,17,21H,2,6,8,12,15-16H2,1H3,(H,26,28). The largest absolute Gasteiger partial charge is 0.352 e. The van der Waals surface area contributed by atoms with E-state index in [-0.39, 0.29) is 29.0 Å². The molecule has 0 bridgehead atoms. The average Bonchev–Trinajstić information content (AvgIpc) is 3.11. The second-order valence-corrected chi connectivity index (χ2v) is 10.4. The molecule has 1 aromatic heterocycles. The summed E-state index contributed by atoms with van der Waals surface area (Å²) in [6, 6.07) is 13.1. The Labute approximate surface area is 182 Å². The molecule has 1 aliphatic rings. The molecule has 2 atom stereocenters. The second kappa shape index (κ2) is 8.83. The Morgan fingerprint density at radius 2 is 1.81 bits per heavy atom. The lowest BCUT2D eigenvalue weighted by atomic mass is 9.86. The van der Waals surface area contributed by atoms with E-state index in [1.807, 2.05) is 6.07 Å². The average molecular weight is 443 g/mol. The normalized spacial score (nSPS) is 19.4. The van der Waals surface area contributed by atoms with Gasteiger partial charge in [-0.2, -0.15) is 0 Å². The van der Waals surface area contributed by atoms with Gasteiger partial charge in [-0.3, -0.25) is 4.79 Å². The number of nitrogens with one attached hydrogen (secondary N) is 1. The van der Waals surface area contributed by atoms with Gasteiger partial charge in [0, 0.05) is 28.7 Å². The Bertz CT molecular complexity index is 1200. The van der Waals surface area contributed by atoms with Crippen LogP contribution >= 0.6 is 0 Å². The number of rotatable bonds is 6.